The number of oxime groups is 1. The van der Waals surface area contributed by atoms with E-state index in [-0.39, 0.29) is 11.7 Å². The summed E-state index contributed by atoms with van der Waals surface area (Å²) in [4.78, 5) is 18.6. The Balaban J connectivity index is 2.18. The number of hydrogen-bond donors (Lipinski definition) is 3. The van der Waals surface area contributed by atoms with Crippen molar-refractivity contribution in [3.8, 4) is 0 Å². The van der Waals surface area contributed by atoms with E-state index in [1.165, 1.54) is 11.3 Å². The Hall–Kier alpha value is -1.67. The van der Waals surface area contributed by atoms with Gasteiger partial charge in [-0.2, -0.15) is 0 Å². The first-order valence-corrected chi connectivity index (χ1v) is 7.26. The summed E-state index contributed by atoms with van der Waals surface area (Å²) in [5.41, 5.74) is 5.38. The maximum absolute atomic E-state index is 12.3. The number of amidine groups is 1. The fourth-order valence-electron chi connectivity index (χ4n) is 2.29. The number of piperidine rings is 1. The summed E-state index contributed by atoms with van der Waals surface area (Å²) in [5.74, 6) is -0.239. The van der Waals surface area contributed by atoms with Crippen LogP contribution in [-0.2, 0) is 0 Å². The van der Waals surface area contributed by atoms with Crippen molar-refractivity contribution in [2.45, 2.75) is 25.3 Å². The van der Waals surface area contributed by atoms with E-state index in [1.807, 2.05) is 14.0 Å². The molecule has 1 amide bonds. The maximum atomic E-state index is 12.3. The number of nitrogens with zero attached hydrogens (tertiary/aromatic N) is 3. The lowest BCUT2D eigenvalue weighted by molar-refractivity contribution is 0.0882. The van der Waals surface area contributed by atoms with Gasteiger partial charge in [0, 0.05) is 18.5 Å². The van der Waals surface area contributed by atoms with Crippen LogP contribution in [0.1, 0.15) is 28.3 Å². The molecule has 1 aliphatic rings. The molecule has 0 atom stereocenters. The lowest BCUT2D eigenvalue weighted by Crippen LogP contribution is -2.62. The molecule has 1 saturated heterocycles. The van der Waals surface area contributed by atoms with E-state index in [0.29, 0.717) is 18.5 Å². The molecule has 0 aromatic carbocycles. The van der Waals surface area contributed by atoms with Crippen LogP contribution >= 0.6 is 11.3 Å². The van der Waals surface area contributed by atoms with Crippen molar-refractivity contribution in [3.05, 3.63) is 16.1 Å². The summed E-state index contributed by atoms with van der Waals surface area (Å²) in [7, 11) is 2.00. The van der Waals surface area contributed by atoms with Crippen LogP contribution < -0.4 is 11.1 Å². The fourth-order valence-corrected chi connectivity index (χ4v) is 2.88. The molecule has 0 radical (unpaired) electrons. The van der Waals surface area contributed by atoms with Gasteiger partial charge in [-0.25, -0.2) is 4.98 Å². The maximum Gasteiger partial charge on any atom is 0.271 e. The topological polar surface area (TPSA) is 104 Å². The minimum absolute atomic E-state index is 0.0471. The Labute approximate surface area is 121 Å². The highest BCUT2D eigenvalue weighted by molar-refractivity contribution is 7.09. The van der Waals surface area contributed by atoms with E-state index in [1.54, 1.807) is 5.38 Å². The van der Waals surface area contributed by atoms with Crippen molar-refractivity contribution in [2.24, 2.45) is 10.9 Å². The fraction of sp³-hybridized carbons (Fsp3) is 0.583. The highest BCUT2D eigenvalue weighted by atomic mass is 32.1. The van der Waals surface area contributed by atoms with Gasteiger partial charge in [0.1, 0.15) is 11.2 Å². The Morgan fingerprint density at radius 3 is 2.75 bits per heavy atom. The second-order valence-electron chi connectivity index (χ2n) is 5.08. The Morgan fingerprint density at radius 2 is 2.25 bits per heavy atom. The molecule has 0 bridgehead atoms. The zero-order chi connectivity index (χ0) is 14.8. The lowest BCUT2D eigenvalue weighted by Gasteiger charge is -2.39. The summed E-state index contributed by atoms with van der Waals surface area (Å²) in [6.45, 7) is 3.38. The van der Waals surface area contributed by atoms with Crippen molar-refractivity contribution in [3.63, 3.8) is 0 Å². The molecule has 2 rings (SSSR count). The monoisotopic (exact) mass is 297 g/mol. The molecule has 4 N–H and O–H groups in total. The predicted molar refractivity (Wildman–Crippen MR) is 77.2 cm³/mol. The van der Waals surface area contributed by atoms with Crippen LogP contribution in [0.15, 0.2) is 10.5 Å². The van der Waals surface area contributed by atoms with Gasteiger partial charge in [0.2, 0.25) is 0 Å². The molecule has 8 heteroatoms. The van der Waals surface area contributed by atoms with Gasteiger partial charge in [0.15, 0.2) is 5.84 Å². The number of nitrogens with one attached hydrogen (secondary N) is 1. The molecular weight excluding hydrogens is 278 g/mol. The van der Waals surface area contributed by atoms with Crippen molar-refractivity contribution < 1.29 is 10.0 Å². The second-order valence-corrected chi connectivity index (χ2v) is 6.14. The Kier molecular flexibility index (Phi) is 4.24. The summed E-state index contributed by atoms with van der Waals surface area (Å²) in [6.07, 6.45) is 1.21. The van der Waals surface area contributed by atoms with E-state index >= 15 is 0 Å². The first-order chi connectivity index (χ1) is 9.47. The number of nitrogens with two attached hydrogens (primary N) is 1. The number of carbonyl (C=O) groups excluding carboxylic acids is 1. The number of amides is 1. The van der Waals surface area contributed by atoms with Crippen LogP contribution in [0.2, 0.25) is 0 Å². The molecule has 1 fully saturated rings. The summed E-state index contributed by atoms with van der Waals surface area (Å²) in [5, 5.41) is 17.5. The Bertz CT molecular complexity index is 520. The molecule has 1 aromatic rings. The average Bonchev–Trinajstić information content (AvgIpc) is 2.87. The van der Waals surface area contributed by atoms with Gasteiger partial charge in [-0.3, -0.25) is 4.79 Å². The predicted octanol–water partition coefficient (Wildman–Crippen LogP) is 0.392. The van der Waals surface area contributed by atoms with Crippen LogP contribution in [0.5, 0.6) is 0 Å². The number of rotatable bonds is 3. The first-order valence-electron chi connectivity index (χ1n) is 6.38. The largest absolute Gasteiger partial charge is 0.409 e. The third-order valence-electron chi connectivity index (χ3n) is 3.64. The molecule has 1 aromatic heterocycles. The molecule has 2 heterocycles. The molecule has 0 aliphatic carbocycles. The smallest absolute Gasteiger partial charge is 0.271 e. The normalized spacial score (nSPS) is 19.8. The van der Waals surface area contributed by atoms with Gasteiger partial charge in [0.25, 0.3) is 5.91 Å². The third kappa shape index (κ3) is 2.91. The number of aromatic nitrogens is 1. The van der Waals surface area contributed by atoms with Crippen molar-refractivity contribution in [1.82, 2.24) is 15.2 Å². The van der Waals surface area contributed by atoms with E-state index < -0.39 is 5.54 Å². The quantitative estimate of drug-likeness (QED) is 0.324. The standard InChI is InChI=1S/C12H19N5O2S/c1-8-14-9(7-20-8)10(18)15-12(11(13)16-19)3-5-17(2)6-4-12/h7,19H,3-6H2,1-2H3,(H2,13,16)(H,15,18). The summed E-state index contributed by atoms with van der Waals surface area (Å²) < 4.78 is 0. The molecule has 0 spiro atoms. The number of likely N-dealkylation sites (tertiary alicyclic amines) is 1. The van der Waals surface area contributed by atoms with Crippen molar-refractivity contribution in [1.29, 1.82) is 0 Å². The van der Waals surface area contributed by atoms with Crippen LogP contribution in [0.25, 0.3) is 0 Å². The molecular formula is C12H19N5O2S. The van der Waals surface area contributed by atoms with Crippen LogP contribution in [0, 0.1) is 6.92 Å². The highest BCUT2D eigenvalue weighted by Crippen LogP contribution is 2.23. The zero-order valence-electron chi connectivity index (χ0n) is 11.6. The van der Waals surface area contributed by atoms with Crippen LogP contribution in [0.4, 0.5) is 0 Å². The number of thiazole rings is 1. The molecule has 110 valence electrons. The minimum Gasteiger partial charge on any atom is -0.409 e. The zero-order valence-corrected chi connectivity index (χ0v) is 12.4. The van der Waals surface area contributed by atoms with Gasteiger partial charge < -0.3 is 21.2 Å². The van der Waals surface area contributed by atoms with Gasteiger partial charge in [-0.15, -0.1) is 11.3 Å². The van der Waals surface area contributed by atoms with Crippen molar-refractivity contribution in [2.75, 3.05) is 20.1 Å². The van der Waals surface area contributed by atoms with Gasteiger partial charge >= 0.3 is 0 Å². The average molecular weight is 297 g/mol. The minimum atomic E-state index is -0.796. The Morgan fingerprint density at radius 1 is 1.60 bits per heavy atom. The molecule has 0 saturated carbocycles. The third-order valence-corrected chi connectivity index (χ3v) is 4.42. The van der Waals surface area contributed by atoms with Crippen molar-refractivity contribution >= 4 is 23.1 Å². The number of carbonyl (C=O) groups is 1. The number of hydrogen-bond acceptors (Lipinski definition) is 6. The molecule has 7 nitrogen and oxygen atoms in total. The van der Waals surface area contributed by atoms with Gasteiger partial charge in [-0.1, -0.05) is 5.16 Å². The SMILES string of the molecule is Cc1nc(C(=O)NC2(C(N)=NO)CCN(C)CC2)cs1. The highest BCUT2D eigenvalue weighted by Gasteiger charge is 2.40. The molecule has 20 heavy (non-hydrogen) atoms. The van der Waals surface area contributed by atoms with E-state index in [9.17, 15) is 4.79 Å². The molecule has 1 aliphatic heterocycles. The van der Waals surface area contributed by atoms with Gasteiger partial charge in [-0.05, 0) is 26.8 Å². The van der Waals surface area contributed by atoms with E-state index in [4.69, 9.17) is 10.9 Å². The van der Waals surface area contributed by atoms with E-state index in [2.05, 4.69) is 20.4 Å². The van der Waals surface area contributed by atoms with E-state index in [0.717, 1.165) is 18.1 Å². The summed E-state index contributed by atoms with van der Waals surface area (Å²) in [6, 6.07) is 0. The second kappa shape index (κ2) is 5.76. The van der Waals surface area contributed by atoms with Gasteiger partial charge in [0.05, 0.1) is 5.01 Å². The number of aryl methyl sites for hydroxylation is 1. The first kappa shape index (κ1) is 14.7. The molecule has 0 unspecified atom stereocenters. The summed E-state index contributed by atoms with van der Waals surface area (Å²) >= 11 is 1.42. The van der Waals surface area contributed by atoms with Crippen LogP contribution in [0.3, 0.4) is 0 Å². The lowest BCUT2D eigenvalue weighted by atomic mass is 9.86. The van der Waals surface area contributed by atoms with Crippen LogP contribution in [-0.4, -0.2) is 52.5 Å².